The van der Waals surface area contributed by atoms with Crippen molar-refractivity contribution < 1.29 is 17.6 Å². The summed E-state index contributed by atoms with van der Waals surface area (Å²) in [5.41, 5.74) is 2.65. The van der Waals surface area contributed by atoms with Gasteiger partial charge in [0.1, 0.15) is 5.82 Å². The predicted molar refractivity (Wildman–Crippen MR) is 123 cm³/mol. The number of anilines is 1. The molecule has 2 N–H and O–H groups in total. The Balaban J connectivity index is 1.30. The second-order valence-electron chi connectivity index (χ2n) is 7.27. The monoisotopic (exact) mass is 464 g/mol. The average molecular weight is 465 g/mol. The Labute approximate surface area is 190 Å². The lowest BCUT2D eigenvalue weighted by Gasteiger charge is -2.09. The summed E-state index contributed by atoms with van der Waals surface area (Å²) in [6.07, 6.45) is 4.30. The highest BCUT2D eigenvalue weighted by Crippen LogP contribution is 2.17. The van der Waals surface area contributed by atoms with Gasteiger partial charge < -0.3 is 5.32 Å². The molecule has 1 heterocycles. The molecule has 0 spiro atoms. The van der Waals surface area contributed by atoms with Crippen LogP contribution in [0.5, 0.6) is 0 Å². The summed E-state index contributed by atoms with van der Waals surface area (Å²) in [5.74, 6) is -0.785. The van der Waals surface area contributed by atoms with Crippen LogP contribution in [-0.2, 0) is 16.4 Å². The van der Waals surface area contributed by atoms with Gasteiger partial charge in [-0.1, -0.05) is 18.2 Å². The Kier molecular flexibility index (Phi) is 6.50. The normalized spacial score (nSPS) is 11.2. The van der Waals surface area contributed by atoms with E-state index in [9.17, 15) is 17.6 Å². The smallest absolute Gasteiger partial charge is 0.261 e. The topological polar surface area (TPSA) is 93.1 Å². The number of benzene rings is 3. The Bertz CT molecular complexity index is 1340. The maximum atomic E-state index is 13.0. The van der Waals surface area contributed by atoms with Crippen molar-refractivity contribution in [1.29, 1.82) is 0 Å². The molecular formula is C24H21FN4O3S. The van der Waals surface area contributed by atoms with E-state index in [1.165, 1.54) is 36.4 Å². The van der Waals surface area contributed by atoms with Crippen molar-refractivity contribution in [2.24, 2.45) is 0 Å². The molecule has 0 aliphatic carbocycles. The van der Waals surface area contributed by atoms with Gasteiger partial charge in [-0.25, -0.2) is 17.5 Å². The summed E-state index contributed by atoms with van der Waals surface area (Å²) >= 11 is 0. The average Bonchev–Trinajstić information content (AvgIpc) is 3.29. The van der Waals surface area contributed by atoms with E-state index in [1.807, 2.05) is 36.5 Å². The maximum Gasteiger partial charge on any atom is 0.261 e. The molecule has 1 amide bonds. The molecule has 0 radical (unpaired) electrons. The lowest BCUT2D eigenvalue weighted by Crippen LogP contribution is -2.25. The van der Waals surface area contributed by atoms with E-state index in [2.05, 4.69) is 15.1 Å². The van der Waals surface area contributed by atoms with Crippen LogP contribution in [0.2, 0.25) is 0 Å². The van der Waals surface area contributed by atoms with Crippen molar-refractivity contribution in [3.63, 3.8) is 0 Å². The molecule has 0 atom stereocenters. The molecule has 0 saturated heterocycles. The third-order valence-corrected chi connectivity index (χ3v) is 6.28. The standard InChI is InChI=1S/C24H21FN4O3S/c25-20-8-12-23(13-9-20)33(31,32)28-21-10-6-19(7-11-21)24(30)26-15-14-18-16-27-29(17-18)22-4-2-1-3-5-22/h1-13,16-17,28H,14-15H2,(H,26,30). The van der Waals surface area contributed by atoms with E-state index in [0.29, 0.717) is 24.2 Å². The van der Waals surface area contributed by atoms with Crippen molar-refractivity contribution in [1.82, 2.24) is 15.1 Å². The first-order chi connectivity index (χ1) is 15.9. The molecule has 0 unspecified atom stereocenters. The van der Waals surface area contributed by atoms with Gasteiger partial charge in [0.05, 0.1) is 16.8 Å². The zero-order chi connectivity index (χ0) is 23.3. The first kappa shape index (κ1) is 22.2. The number of amides is 1. The van der Waals surface area contributed by atoms with Crippen molar-refractivity contribution in [3.05, 3.63) is 108 Å². The molecule has 4 rings (SSSR count). The highest BCUT2D eigenvalue weighted by atomic mass is 32.2. The number of rotatable bonds is 8. The van der Waals surface area contributed by atoms with E-state index < -0.39 is 15.8 Å². The Morgan fingerprint density at radius 2 is 1.64 bits per heavy atom. The molecule has 33 heavy (non-hydrogen) atoms. The third kappa shape index (κ3) is 5.64. The molecule has 0 fully saturated rings. The van der Waals surface area contributed by atoms with E-state index in [0.717, 1.165) is 23.4 Å². The summed E-state index contributed by atoms with van der Waals surface area (Å²) in [5, 5.41) is 7.18. The predicted octanol–water partition coefficient (Wildman–Crippen LogP) is 3.78. The van der Waals surface area contributed by atoms with Gasteiger partial charge in [-0.2, -0.15) is 5.10 Å². The van der Waals surface area contributed by atoms with Crippen molar-refractivity contribution in [3.8, 4) is 5.69 Å². The molecule has 9 heteroatoms. The number of carbonyl (C=O) groups is 1. The Morgan fingerprint density at radius 3 is 2.33 bits per heavy atom. The van der Waals surface area contributed by atoms with E-state index in [4.69, 9.17) is 0 Å². The SMILES string of the molecule is O=C(NCCc1cnn(-c2ccccc2)c1)c1ccc(NS(=O)(=O)c2ccc(F)cc2)cc1. The fraction of sp³-hybridized carbons (Fsp3) is 0.0833. The summed E-state index contributed by atoms with van der Waals surface area (Å²) < 4.78 is 42.0. The number of sulfonamides is 1. The van der Waals surface area contributed by atoms with Crippen molar-refractivity contribution >= 4 is 21.6 Å². The molecule has 168 valence electrons. The lowest BCUT2D eigenvalue weighted by atomic mass is 10.2. The minimum Gasteiger partial charge on any atom is -0.352 e. The number of halogens is 1. The summed E-state index contributed by atoms with van der Waals surface area (Å²) in [6, 6.07) is 20.3. The minimum atomic E-state index is -3.85. The number of carbonyl (C=O) groups excluding carboxylic acids is 1. The van der Waals surface area contributed by atoms with Gasteiger partial charge in [0, 0.05) is 24.0 Å². The first-order valence-corrected chi connectivity index (χ1v) is 11.6. The zero-order valence-electron chi connectivity index (χ0n) is 17.5. The van der Waals surface area contributed by atoms with Gasteiger partial charge in [0.2, 0.25) is 0 Å². The number of hydrogen-bond acceptors (Lipinski definition) is 4. The summed E-state index contributed by atoms with van der Waals surface area (Å²) in [4.78, 5) is 12.4. The molecule has 4 aromatic rings. The Morgan fingerprint density at radius 1 is 0.939 bits per heavy atom. The molecule has 0 saturated carbocycles. The van der Waals surface area contributed by atoms with Crippen LogP contribution >= 0.6 is 0 Å². The molecule has 3 aromatic carbocycles. The van der Waals surface area contributed by atoms with Gasteiger partial charge in [0.25, 0.3) is 15.9 Å². The zero-order valence-corrected chi connectivity index (χ0v) is 18.3. The minimum absolute atomic E-state index is 0.0543. The van der Waals surface area contributed by atoms with Gasteiger partial charge >= 0.3 is 0 Å². The Hall–Kier alpha value is -3.98. The molecular weight excluding hydrogens is 443 g/mol. The highest BCUT2D eigenvalue weighted by Gasteiger charge is 2.14. The van der Waals surface area contributed by atoms with Crippen LogP contribution in [0, 0.1) is 5.82 Å². The second-order valence-corrected chi connectivity index (χ2v) is 8.95. The molecule has 7 nitrogen and oxygen atoms in total. The quantitative estimate of drug-likeness (QED) is 0.415. The van der Waals surface area contributed by atoms with Crippen LogP contribution in [0.15, 0.2) is 96.2 Å². The van der Waals surface area contributed by atoms with Crippen LogP contribution in [0.3, 0.4) is 0 Å². The summed E-state index contributed by atoms with van der Waals surface area (Å²) in [6.45, 7) is 0.429. The highest BCUT2D eigenvalue weighted by molar-refractivity contribution is 7.92. The second kappa shape index (κ2) is 9.66. The number of aromatic nitrogens is 2. The van der Waals surface area contributed by atoms with Crippen LogP contribution < -0.4 is 10.0 Å². The fourth-order valence-corrected chi connectivity index (χ4v) is 4.21. The van der Waals surface area contributed by atoms with Crippen LogP contribution in [0.25, 0.3) is 5.69 Å². The van der Waals surface area contributed by atoms with Crippen LogP contribution in [0.1, 0.15) is 15.9 Å². The molecule has 1 aromatic heterocycles. The van der Waals surface area contributed by atoms with E-state index >= 15 is 0 Å². The van der Waals surface area contributed by atoms with Gasteiger partial charge in [-0.3, -0.25) is 9.52 Å². The van der Waals surface area contributed by atoms with Gasteiger partial charge in [-0.05, 0) is 72.6 Å². The van der Waals surface area contributed by atoms with Crippen LogP contribution in [0.4, 0.5) is 10.1 Å². The fourth-order valence-electron chi connectivity index (χ4n) is 3.15. The number of hydrogen-bond donors (Lipinski definition) is 2. The molecule has 0 bridgehead atoms. The van der Waals surface area contributed by atoms with Gasteiger partial charge in [0.15, 0.2) is 0 Å². The van der Waals surface area contributed by atoms with Crippen LogP contribution in [-0.4, -0.2) is 30.7 Å². The molecule has 0 aliphatic heterocycles. The third-order valence-electron chi connectivity index (χ3n) is 4.88. The summed E-state index contributed by atoms with van der Waals surface area (Å²) in [7, 11) is -3.85. The van der Waals surface area contributed by atoms with E-state index in [1.54, 1.807) is 10.9 Å². The lowest BCUT2D eigenvalue weighted by molar-refractivity contribution is 0.0954. The largest absolute Gasteiger partial charge is 0.352 e. The number of nitrogens with zero attached hydrogens (tertiary/aromatic N) is 2. The van der Waals surface area contributed by atoms with Crippen molar-refractivity contribution in [2.75, 3.05) is 11.3 Å². The van der Waals surface area contributed by atoms with Gasteiger partial charge in [-0.15, -0.1) is 0 Å². The molecule has 0 aliphatic rings. The number of para-hydroxylation sites is 1. The van der Waals surface area contributed by atoms with E-state index in [-0.39, 0.29) is 10.8 Å². The maximum absolute atomic E-state index is 13.0. The van der Waals surface area contributed by atoms with Crippen molar-refractivity contribution in [2.45, 2.75) is 11.3 Å². The number of nitrogens with one attached hydrogen (secondary N) is 2. The first-order valence-electron chi connectivity index (χ1n) is 10.2.